The van der Waals surface area contributed by atoms with Crippen LogP contribution >= 0.6 is 0 Å². The van der Waals surface area contributed by atoms with Crippen LogP contribution in [0, 0.1) is 5.92 Å². The largest absolute Gasteiger partial charge is 0.0771 e. The van der Waals surface area contributed by atoms with E-state index in [2.05, 4.69) is 50.3 Å². The van der Waals surface area contributed by atoms with Gasteiger partial charge in [-0.2, -0.15) is 0 Å². The topological polar surface area (TPSA) is 0 Å². The van der Waals surface area contributed by atoms with E-state index in [1.54, 1.807) is 0 Å². The Labute approximate surface area is 81.3 Å². The summed E-state index contributed by atoms with van der Waals surface area (Å²) in [5.74, 6) is 1.45. The lowest BCUT2D eigenvalue weighted by atomic mass is 10.0. The number of rotatable bonds is 4. The highest BCUT2D eigenvalue weighted by molar-refractivity contribution is 5.51. The molecule has 0 unspecified atom stereocenters. The highest BCUT2D eigenvalue weighted by atomic mass is 14.0. The van der Waals surface area contributed by atoms with E-state index in [-0.39, 0.29) is 0 Å². The van der Waals surface area contributed by atoms with Gasteiger partial charge < -0.3 is 0 Å². The second kappa shape index (κ2) is 5.58. The Kier molecular flexibility index (Phi) is 4.31. The van der Waals surface area contributed by atoms with Crippen LogP contribution < -0.4 is 0 Å². The van der Waals surface area contributed by atoms with Crippen molar-refractivity contribution >= 4 is 6.08 Å². The van der Waals surface area contributed by atoms with Crippen molar-refractivity contribution in [3.8, 4) is 0 Å². The van der Waals surface area contributed by atoms with Crippen LogP contribution in [0.2, 0.25) is 0 Å². The highest BCUT2D eigenvalue weighted by Crippen LogP contribution is 2.11. The summed E-state index contributed by atoms with van der Waals surface area (Å²) in [5.41, 5.74) is 1.28. The van der Waals surface area contributed by atoms with Crippen LogP contribution in [0.25, 0.3) is 6.08 Å². The maximum Gasteiger partial charge on any atom is -0.00549 e. The lowest BCUT2D eigenvalue weighted by Crippen LogP contribution is -1.83. The number of benzene rings is 1. The minimum atomic E-state index is 1.20. The SMILES string of the molecule is CCC[C](C)/C=C/c1ccccc1. The smallest absolute Gasteiger partial charge is 0.00549 e. The van der Waals surface area contributed by atoms with Crippen LogP contribution in [-0.4, -0.2) is 0 Å². The predicted molar refractivity (Wildman–Crippen MR) is 59.3 cm³/mol. The Balaban J connectivity index is 2.49. The Morgan fingerprint density at radius 3 is 2.54 bits per heavy atom. The van der Waals surface area contributed by atoms with Crippen molar-refractivity contribution in [3.05, 3.63) is 47.9 Å². The monoisotopic (exact) mass is 173 g/mol. The minimum Gasteiger partial charge on any atom is -0.0771 e. The molecule has 0 fully saturated rings. The fourth-order valence-electron chi connectivity index (χ4n) is 1.28. The molecule has 0 amide bonds. The maximum atomic E-state index is 2.21. The second-order valence-corrected chi connectivity index (χ2v) is 3.34. The van der Waals surface area contributed by atoms with Gasteiger partial charge in [0.05, 0.1) is 0 Å². The van der Waals surface area contributed by atoms with Gasteiger partial charge in [-0.15, -0.1) is 0 Å². The van der Waals surface area contributed by atoms with Crippen LogP contribution in [0.1, 0.15) is 32.3 Å². The summed E-state index contributed by atoms with van der Waals surface area (Å²) in [6.45, 7) is 4.39. The summed E-state index contributed by atoms with van der Waals surface area (Å²) in [7, 11) is 0. The van der Waals surface area contributed by atoms with Crippen LogP contribution in [0.5, 0.6) is 0 Å². The molecule has 0 nitrogen and oxygen atoms in total. The zero-order valence-electron chi connectivity index (χ0n) is 8.46. The summed E-state index contributed by atoms with van der Waals surface area (Å²) in [4.78, 5) is 0. The van der Waals surface area contributed by atoms with Crippen molar-refractivity contribution in [2.24, 2.45) is 0 Å². The quantitative estimate of drug-likeness (QED) is 0.643. The van der Waals surface area contributed by atoms with Crippen molar-refractivity contribution in [1.82, 2.24) is 0 Å². The average molecular weight is 173 g/mol. The molecule has 0 saturated heterocycles. The van der Waals surface area contributed by atoms with Crippen molar-refractivity contribution in [1.29, 1.82) is 0 Å². The summed E-state index contributed by atoms with van der Waals surface area (Å²) in [6.07, 6.45) is 6.80. The molecule has 0 aliphatic rings. The van der Waals surface area contributed by atoms with Gasteiger partial charge in [0, 0.05) is 0 Å². The van der Waals surface area contributed by atoms with E-state index < -0.39 is 0 Å². The van der Waals surface area contributed by atoms with Gasteiger partial charge in [-0.3, -0.25) is 0 Å². The van der Waals surface area contributed by atoms with E-state index in [1.165, 1.54) is 24.3 Å². The molecule has 0 saturated carbocycles. The van der Waals surface area contributed by atoms with E-state index >= 15 is 0 Å². The van der Waals surface area contributed by atoms with E-state index in [0.29, 0.717) is 0 Å². The molecule has 1 aromatic carbocycles. The lowest BCUT2D eigenvalue weighted by molar-refractivity contribution is 0.844. The first kappa shape index (κ1) is 10.0. The third kappa shape index (κ3) is 3.93. The molecule has 1 rings (SSSR count). The number of hydrogen-bond donors (Lipinski definition) is 0. The van der Waals surface area contributed by atoms with Gasteiger partial charge >= 0.3 is 0 Å². The third-order valence-corrected chi connectivity index (χ3v) is 2.00. The Morgan fingerprint density at radius 1 is 1.23 bits per heavy atom. The van der Waals surface area contributed by atoms with Gasteiger partial charge in [0.2, 0.25) is 0 Å². The van der Waals surface area contributed by atoms with Gasteiger partial charge in [-0.1, -0.05) is 62.8 Å². The van der Waals surface area contributed by atoms with E-state index in [1.807, 2.05) is 6.07 Å². The molecule has 13 heavy (non-hydrogen) atoms. The van der Waals surface area contributed by atoms with E-state index in [0.717, 1.165) is 0 Å². The predicted octanol–water partition coefficient (Wildman–Crippen LogP) is 4.09. The molecule has 0 heterocycles. The molecule has 1 radical (unpaired) electrons. The lowest BCUT2D eigenvalue weighted by Gasteiger charge is -2.01. The number of hydrogen-bond acceptors (Lipinski definition) is 0. The van der Waals surface area contributed by atoms with Crippen molar-refractivity contribution in [2.75, 3.05) is 0 Å². The van der Waals surface area contributed by atoms with Gasteiger partial charge in [0.1, 0.15) is 0 Å². The first-order chi connectivity index (χ1) is 6.33. The van der Waals surface area contributed by atoms with Gasteiger partial charge in [0.25, 0.3) is 0 Å². The zero-order valence-corrected chi connectivity index (χ0v) is 8.46. The summed E-state index contributed by atoms with van der Waals surface area (Å²) in [6, 6.07) is 10.4. The first-order valence-electron chi connectivity index (χ1n) is 4.88. The second-order valence-electron chi connectivity index (χ2n) is 3.34. The van der Waals surface area contributed by atoms with Crippen LogP contribution in [0.15, 0.2) is 36.4 Å². The molecule has 1 aromatic rings. The Bertz CT molecular complexity index is 246. The number of allylic oxidation sites excluding steroid dienone is 1. The third-order valence-electron chi connectivity index (χ3n) is 2.00. The highest BCUT2D eigenvalue weighted by Gasteiger charge is 1.93. The average Bonchev–Trinajstić information content (AvgIpc) is 2.17. The van der Waals surface area contributed by atoms with Gasteiger partial charge in [0.15, 0.2) is 0 Å². The molecule has 0 aliphatic carbocycles. The maximum absolute atomic E-state index is 2.21. The van der Waals surface area contributed by atoms with Crippen LogP contribution in [0.4, 0.5) is 0 Å². The molecule has 0 aliphatic heterocycles. The fraction of sp³-hybridized carbons (Fsp3) is 0.308. The molecular formula is C13H17. The zero-order chi connectivity index (χ0) is 9.52. The molecule has 0 spiro atoms. The van der Waals surface area contributed by atoms with Gasteiger partial charge in [-0.05, 0) is 17.9 Å². The molecule has 0 heteroatoms. The molecule has 0 atom stereocenters. The van der Waals surface area contributed by atoms with Crippen molar-refractivity contribution < 1.29 is 0 Å². The molecule has 69 valence electrons. The van der Waals surface area contributed by atoms with Gasteiger partial charge in [-0.25, -0.2) is 0 Å². The van der Waals surface area contributed by atoms with Crippen LogP contribution in [0.3, 0.4) is 0 Å². The summed E-state index contributed by atoms with van der Waals surface area (Å²) >= 11 is 0. The van der Waals surface area contributed by atoms with E-state index in [9.17, 15) is 0 Å². The Morgan fingerprint density at radius 2 is 1.92 bits per heavy atom. The normalized spacial score (nSPS) is 11.3. The standard InChI is InChI=1S/C13H17/c1-3-7-12(2)10-11-13-8-5-4-6-9-13/h4-6,8-11H,3,7H2,1-2H3/b11-10+. The van der Waals surface area contributed by atoms with Crippen LogP contribution in [-0.2, 0) is 0 Å². The van der Waals surface area contributed by atoms with Crippen molar-refractivity contribution in [3.63, 3.8) is 0 Å². The van der Waals surface area contributed by atoms with Crippen molar-refractivity contribution in [2.45, 2.75) is 26.7 Å². The molecule has 0 aromatic heterocycles. The summed E-state index contributed by atoms with van der Waals surface area (Å²) in [5, 5.41) is 0. The van der Waals surface area contributed by atoms with E-state index in [4.69, 9.17) is 0 Å². The first-order valence-corrected chi connectivity index (χ1v) is 4.88. The molecular weight excluding hydrogens is 156 g/mol. The fourth-order valence-corrected chi connectivity index (χ4v) is 1.28. The minimum absolute atomic E-state index is 1.20. The molecule has 0 bridgehead atoms. The Hall–Kier alpha value is -1.04. The summed E-state index contributed by atoms with van der Waals surface area (Å²) < 4.78 is 0. The molecule has 0 N–H and O–H groups in total.